The Morgan fingerprint density at radius 1 is 1.19 bits per heavy atom. The van der Waals surface area contributed by atoms with Crippen molar-refractivity contribution in [1.29, 1.82) is 0 Å². The SMILES string of the molecule is NC(=S)C1(C(=O)NCc2ccc(F)cc2)CCCCCC1. The number of benzene rings is 1. The van der Waals surface area contributed by atoms with Gasteiger partial charge in [-0.25, -0.2) is 4.39 Å². The van der Waals surface area contributed by atoms with Crippen LogP contribution in [-0.4, -0.2) is 10.9 Å². The lowest BCUT2D eigenvalue weighted by molar-refractivity contribution is -0.128. The second-order valence-corrected chi connectivity index (χ2v) is 6.11. The number of halogens is 1. The van der Waals surface area contributed by atoms with Gasteiger partial charge in [-0.1, -0.05) is 50.0 Å². The summed E-state index contributed by atoms with van der Waals surface area (Å²) in [6, 6.07) is 6.10. The van der Waals surface area contributed by atoms with Crippen LogP contribution in [0.4, 0.5) is 4.39 Å². The van der Waals surface area contributed by atoms with E-state index in [0.717, 1.165) is 44.1 Å². The highest BCUT2D eigenvalue weighted by molar-refractivity contribution is 7.80. The summed E-state index contributed by atoms with van der Waals surface area (Å²) in [5.74, 6) is -0.380. The normalized spacial score (nSPS) is 17.8. The Balaban J connectivity index is 2.05. The fraction of sp³-hybridized carbons (Fsp3) is 0.500. The molecule has 1 aromatic carbocycles. The fourth-order valence-electron chi connectivity index (χ4n) is 2.87. The topological polar surface area (TPSA) is 55.1 Å². The van der Waals surface area contributed by atoms with Gasteiger partial charge in [-0.05, 0) is 30.5 Å². The Labute approximate surface area is 130 Å². The van der Waals surface area contributed by atoms with Gasteiger partial charge in [0.05, 0.1) is 10.4 Å². The van der Waals surface area contributed by atoms with Gasteiger partial charge in [-0.2, -0.15) is 0 Å². The number of thiocarbonyl (C=S) groups is 1. The van der Waals surface area contributed by atoms with Gasteiger partial charge in [0.15, 0.2) is 0 Å². The summed E-state index contributed by atoms with van der Waals surface area (Å²) in [6.07, 6.45) is 5.63. The summed E-state index contributed by atoms with van der Waals surface area (Å²) in [6.45, 7) is 0.365. The monoisotopic (exact) mass is 308 g/mol. The molecule has 0 saturated heterocycles. The minimum absolute atomic E-state index is 0.0961. The molecule has 0 aromatic heterocycles. The van der Waals surface area contributed by atoms with Crippen LogP contribution in [0.3, 0.4) is 0 Å². The van der Waals surface area contributed by atoms with Crippen molar-refractivity contribution < 1.29 is 9.18 Å². The second-order valence-electron chi connectivity index (χ2n) is 5.67. The van der Waals surface area contributed by atoms with E-state index >= 15 is 0 Å². The molecule has 1 fully saturated rings. The number of hydrogen-bond acceptors (Lipinski definition) is 2. The number of hydrogen-bond donors (Lipinski definition) is 2. The Hall–Kier alpha value is -1.49. The third kappa shape index (κ3) is 3.79. The largest absolute Gasteiger partial charge is 0.392 e. The third-order valence-electron chi connectivity index (χ3n) is 4.23. The van der Waals surface area contributed by atoms with Gasteiger partial charge in [0, 0.05) is 6.54 Å². The molecule has 3 N–H and O–H groups in total. The predicted octanol–water partition coefficient (Wildman–Crippen LogP) is 3.07. The van der Waals surface area contributed by atoms with Crippen molar-refractivity contribution in [3.63, 3.8) is 0 Å². The lowest BCUT2D eigenvalue weighted by atomic mass is 9.79. The van der Waals surface area contributed by atoms with E-state index in [-0.39, 0.29) is 11.7 Å². The highest BCUT2D eigenvalue weighted by Gasteiger charge is 2.41. The van der Waals surface area contributed by atoms with Crippen LogP contribution in [0.1, 0.15) is 44.1 Å². The van der Waals surface area contributed by atoms with Gasteiger partial charge in [-0.3, -0.25) is 4.79 Å². The summed E-state index contributed by atoms with van der Waals surface area (Å²) < 4.78 is 12.9. The summed E-state index contributed by atoms with van der Waals surface area (Å²) in [4.78, 5) is 12.9. The molecule has 2 rings (SSSR count). The quantitative estimate of drug-likeness (QED) is 0.664. The first-order chi connectivity index (χ1) is 10.0. The summed E-state index contributed by atoms with van der Waals surface area (Å²) in [7, 11) is 0. The summed E-state index contributed by atoms with van der Waals surface area (Å²) >= 11 is 5.18. The zero-order chi connectivity index (χ0) is 15.3. The molecular formula is C16H21FN2OS. The van der Waals surface area contributed by atoms with Crippen LogP contribution in [-0.2, 0) is 11.3 Å². The maximum Gasteiger partial charge on any atom is 0.233 e. The molecule has 1 amide bonds. The van der Waals surface area contributed by atoms with E-state index in [1.807, 2.05) is 0 Å². The van der Waals surface area contributed by atoms with Crippen LogP contribution < -0.4 is 11.1 Å². The highest BCUT2D eigenvalue weighted by atomic mass is 32.1. The standard InChI is InChI=1S/C16H21FN2OS/c17-13-7-5-12(6-8-13)11-19-15(20)16(14(18)21)9-3-1-2-4-10-16/h5-8H,1-4,9-11H2,(H2,18,21)(H,19,20). The van der Waals surface area contributed by atoms with Crippen molar-refractivity contribution in [3.8, 4) is 0 Å². The second kappa shape index (κ2) is 6.98. The van der Waals surface area contributed by atoms with Gasteiger partial charge in [0.1, 0.15) is 5.82 Å². The number of nitrogens with one attached hydrogen (secondary N) is 1. The van der Waals surface area contributed by atoms with E-state index in [2.05, 4.69) is 5.32 Å². The maximum atomic E-state index is 12.9. The molecule has 0 spiro atoms. The molecule has 0 radical (unpaired) electrons. The molecule has 1 aromatic rings. The maximum absolute atomic E-state index is 12.9. The lowest BCUT2D eigenvalue weighted by Crippen LogP contribution is -2.48. The zero-order valence-corrected chi connectivity index (χ0v) is 12.8. The van der Waals surface area contributed by atoms with Crippen LogP contribution >= 0.6 is 12.2 Å². The zero-order valence-electron chi connectivity index (χ0n) is 12.0. The average Bonchev–Trinajstić information content (AvgIpc) is 2.73. The first kappa shape index (κ1) is 15.9. The minimum Gasteiger partial charge on any atom is -0.392 e. The molecule has 1 saturated carbocycles. The van der Waals surface area contributed by atoms with E-state index in [4.69, 9.17) is 18.0 Å². The first-order valence-corrected chi connectivity index (χ1v) is 7.78. The van der Waals surface area contributed by atoms with Crippen molar-refractivity contribution in [1.82, 2.24) is 5.32 Å². The van der Waals surface area contributed by atoms with Crippen LogP contribution in [0.5, 0.6) is 0 Å². The van der Waals surface area contributed by atoms with Crippen molar-refractivity contribution >= 4 is 23.1 Å². The fourth-order valence-corrected chi connectivity index (χ4v) is 3.17. The van der Waals surface area contributed by atoms with Gasteiger partial charge < -0.3 is 11.1 Å². The highest BCUT2D eigenvalue weighted by Crippen LogP contribution is 2.35. The molecule has 21 heavy (non-hydrogen) atoms. The number of nitrogens with two attached hydrogens (primary N) is 1. The summed E-state index contributed by atoms with van der Waals surface area (Å²) in [5.41, 5.74) is 6.02. The Morgan fingerprint density at radius 3 is 2.29 bits per heavy atom. The van der Waals surface area contributed by atoms with Crippen molar-refractivity contribution in [3.05, 3.63) is 35.6 Å². The molecule has 1 aliphatic carbocycles. The lowest BCUT2D eigenvalue weighted by Gasteiger charge is -2.30. The number of amides is 1. The Bertz CT molecular complexity index is 508. The molecule has 0 unspecified atom stereocenters. The van der Waals surface area contributed by atoms with Gasteiger partial charge in [0.25, 0.3) is 0 Å². The van der Waals surface area contributed by atoms with Gasteiger partial charge >= 0.3 is 0 Å². The molecule has 1 aliphatic rings. The van der Waals surface area contributed by atoms with E-state index in [0.29, 0.717) is 11.5 Å². The smallest absolute Gasteiger partial charge is 0.233 e. The number of carbonyl (C=O) groups excluding carboxylic acids is 1. The van der Waals surface area contributed by atoms with Gasteiger partial charge in [0.2, 0.25) is 5.91 Å². The molecule has 0 bridgehead atoms. The van der Waals surface area contributed by atoms with Crippen molar-refractivity contribution in [2.24, 2.45) is 11.1 Å². The van der Waals surface area contributed by atoms with Crippen LogP contribution in [0.15, 0.2) is 24.3 Å². The van der Waals surface area contributed by atoms with Crippen LogP contribution in [0.25, 0.3) is 0 Å². The van der Waals surface area contributed by atoms with E-state index in [1.54, 1.807) is 12.1 Å². The predicted molar refractivity (Wildman–Crippen MR) is 85.2 cm³/mol. The molecular weight excluding hydrogens is 287 g/mol. The summed E-state index contributed by atoms with van der Waals surface area (Å²) in [5, 5.41) is 2.91. The van der Waals surface area contributed by atoms with Crippen molar-refractivity contribution in [2.75, 3.05) is 0 Å². The molecule has 0 heterocycles. The molecule has 5 heteroatoms. The van der Waals surface area contributed by atoms with Crippen molar-refractivity contribution in [2.45, 2.75) is 45.1 Å². The van der Waals surface area contributed by atoms with Crippen LogP contribution in [0, 0.1) is 11.2 Å². The molecule has 3 nitrogen and oxygen atoms in total. The molecule has 0 atom stereocenters. The third-order valence-corrected chi connectivity index (χ3v) is 4.62. The number of carbonyl (C=O) groups is 1. The Morgan fingerprint density at radius 2 is 1.76 bits per heavy atom. The first-order valence-electron chi connectivity index (χ1n) is 7.37. The van der Waals surface area contributed by atoms with Gasteiger partial charge in [-0.15, -0.1) is 0 Å². The molecule has 0 aliphatic heterocycles. The van der Waals surface area contributed by atoms with E-state index in [1.165, 1.54) is 12.1 Å². The average molecular weight is 308 g/mol. The molecule has 114 valence electrons. The van der Waals surface area contributed by atoms with Crippen LogP contribution in [0.2, 0.25) is 0 Å². The van der Waals surface area contributed by atoms with E-state index < -0.39 is 5.41 Å². The number of rotatable bonds is 4. The minimum atomic E-state index is -0.716. The van der Waals surface area contributed by atoms with E-state index in [9.17, 15) is 9.18 Å². The Kier molecular flexibility index (Phi) is 5.28.